The molecule has 0 aliphatic heterocycles. The van der Waals surface area contributed by atoms with E-state index in [0.717, 1.165) is 64.7 Å². The summed E-state index contributed by atoms with van der Waals surface area (Å²) in [6.07, 6.45) is 5.14. The van der Waals surface area contributed by atoms with Crippen LogP contribution in [0, 0.1) is 0 Å². The quantitative estimate of drug-likeness (QED) is 0.247. The molecule has 3 heterocycles. The van der Waals surface area contributed by atoms with Crippen molar-refractivity contribution in [3.05, 3.63) is 111 Å². The summed E-state index contributed by atoms with van der Waals surface area (Å²) >= 11 is 0. The van der Waals surface area contributed by atoms with Crippen molar-refractivity contribution >= 4 is 17.1 Å². The number of hydrogen-bond donors (Lipinski definition) is 1. The summed E-state index contributed by atoms with van der Waals surface area (Å²) < 4.78 is 9.25. The fourth-order valence-corrected chi connectivity index (χ4v) is 6.41. The molecule has 0 radical (unpaired) electrons. The number of aromatic amines is 1. The number of imidazole rings is 1. The molecule has 1 N–H and O–H groups in total. The zero-order valence-electron chi connectivity index (χ0n) is 25.3. The molecule has 0 saturated heterocycles. The smallest absolute Gasteiger partial charge is 0.337 e. The maximum Gasteiger partial charge on any atom is 0.337 e. The second kappa shape index (κ2) is 12.4. The molecule has 232 valence electrons. The van der Waals surface area contributed by atoms with Gasteiger partial charge < -0.3 is 9.30 Å². The van der Waals surface area contributed by atoms with Gasteiger partial charge in [-0.25, -0.2) is 14.3 Å². The van der Waals surface area contributed by atoms with Crippen molar-refractivity contribution in [2.75, 3.05) is 7.11 Å². The lowest BCUT2D eigenvalue weighted by molar-refractivity contribution is -0.141. The molecule has 12 nitrogen and oxygen atoms in total. The van der Waals surface area contributed by atoms with Crippen LogP contribution in [0.4, 0.5) is 0 Å². The standard InChI is InChI=1S/C34H32N8O4/c1-46-28(43)21-41-32-29(33(44)42(34(41)45)25-12-6-3-7-13-25)40(31(35-32)24-10-4-2-5-11-24)20-22-16-18-23(19-17-22)26-14-8-9-15-27(26)30-36-38-39-37-30/h3,6-9,12-19,24H,2,4-5,10-11,20-21H2,1H3,(H,36,37,38,39). The highest BCUT2D eigenvalue weighted by Crippen LogP contribution is 2.34. The Hall–Kier alpha value is -5.65. The van der Waals surface area contributed by atoms with E-state index in [9.17, 15) is 14.4 Å². The molecular weight excluding hydrogens is 584 g/mol. The Kier molecular flexibility index (Phi) is 7.83. The first kappa shape index (κ1) is 29.1. The lowest BCUT2D eigenvalue weighted by Gasteiger charge is -2.22. The Bertz CT molecular complexity index is 2120. The van der Waals surface area contributed by atoms with Crippen LogP contribution >= 0.6 is 0 Å². The highest BCUT2D eigenvalue weighted by molar-refractivity contribution is 5.80. The minimum absolute atomic E-state index is 0.119. The Morgan fingerprint density at radius 2 is 1.61 bits per heavy atom. The summed E-state index contributed by atoms with van der Waals surface area (Å²) in [5.74, 6) is 0.775. The van der Waals surface area contributed by atoms with Gasteiger partial charge >= 0.3 is 11.7 Å². The van der Waals surface area contributed by atoms with Crippen molar-refractivity contribution in [3.8, 4) is 28.2 Å². The number of rotatable bonds is 8. The first-order valence-electron chi connectivity index (χ1n) is 15.3. The molecule has 0 bridgehead atoms. The second-order valence-corrected chi connectivity index (χ2v) is 11.5. The predicted octanol–water partition coefficient (Wildman–Crippen LogP) is 4.47. The predicted molar refractivity (Wildman–Crippen MR) is 172 cm³/mol. The molecule has 46 heavy (non-hydrogen) atoms. The summed E-state index contributed by atoms with van der Waals surface area (Å²) in [6, 6.07) is 24.7. The molecule has 0 atom stereocenters. The number of nitrogens with one attached hydrogen (secondary N) is 1. The number of esters is 1. The number of nitrogens with zero attached hydrogens (tertiary/aromatic N) is 7. The number of H-pyrrole nitrogens is 1. The average molecular weight is 617 g/mol. The number of benzene rings is 3. The monoisotopic (exact) mass is 616 g/mol. The number of hydrogen-bond acceptors (Lipinski definition) is 8. The Balaban J connectivity index is 1.38. The Morgan fingerprint density at radius 3 is 2.30 bits per heavy atom. The van der Waals surface area contributed by atoms with E-state index >= 15 is 0 Å². The van der Waals surface area contributed by atoms with Crippen LogP contribution < -0.4 is 11.2 Å². The lowest BCUT2D eigenvalue weighted by Crippen LogP contribution is -2.40. The van der Waals surface area contributed by atoms with Gasteiger partial charge in [0.2, 0.25) is 5.82 Å². The Morgan fingerprint density at radius 1 is 0.891 bits per heavy atom. The number of ether oxygens (including phenoxy) is 1. The number of aromatic nitrogens is 8. The van der Waals surface area contributed by atoms with E-state index in [2.05, 4.69) is 20.6 Å². The van der Waals surface area contributed by atoms with Gasteiger partial charge in [-0.05, 0) is 46.9 Å². The number of fused-ring (bicyclic) bond motifs is 1. The highest BCUT2D eigenvalue weighted by Gasteiger charge is 2.28. The molecule has 3 aromatic heterocycles. The number of carbonyl (C=O) groups is 1. The van der Waals surface area contributed by atoms with Crippen molar-refractivity contribution in [2.24, 2.45) is 0 Å². The third kappa shape index (κ3) is 5.31. The lowest BCUT2D eigenvalue weighted by atomic mass is 9.88. The first-order valence-corrected chi connectivity index (χ1v) is 15.3. The second-order valence-electron chi connectivity index (χ2n) is 11.5. The van der Waals surface area contributed by atoms with E-state index in [1.54, 1.807) is 24.3 Å². The van der Waals surface area contributed by atoms with Crippen molar-refractivity contribution < 1.29 is 9.53 Å². The van der Waals surface area contributed by atoms with Crippen LogP contribution in [0.5, 0.6) is 0 Å². The number of methoxy groups -OCH3 is 1. The van der Waals surface area contributed by atoms with Gasteiger partial charge in [0.15, 0.2) is 11.2 Å². The van der Waals surface area contributed by atoms with Crippen LogP contribution in [-0.4, -0.2) is 52.4 Å². The summed E-state index contributed by atoms with van der Waals surface area (Å²) in [4.78, 5) is 45.6. The highest BCUT2D eigenvalue weighted by atomic mass is 16.5. The summed E-state index contributed by atoms with van der Waals surface area (Å²) in [7, 11) is 1.27. The molecule has 1 fully saturated rings. The van der Waals surface area contributed by atoms with Gasteiger partial charge in [0.05, 0.1) is 12.8 Å². The van der Waals surface area contributed by atoms with Gasteiger partial charge in [0.1, 0.15) is 12.4 Å². The average Bonchev–Trinajstić information content (AvgIpc) is 3.77. The molecule has 3 aromatic carbocycles. The van der Waals surface area contributed by atoms with Crippen LogP contribution in [0.15, 0.2) is 88.5 Å². The first-order chi connectivity index (χ1) is 22.5. The van der Waals surface area contributed by atoms with Gasteiger partial charge in [-0.2, -0.15) is 5.21 Å². The maximum atomic E-state index is 14.3. The van der Waals surface area contributed by atoms with E-state index in [0.29, 0.717) is 18.1 Å². The third-order valence-corrected chi connectivity index (χ3v) is 8.68. The molecule has 1 aliphatic rings. The molecule has 0 spiro atoms. The SMILES string of the molecule is COC(=O)Cn1c(=O)n(-c2ccccc2)c(=O)c2c1nc(C1CCCCC1)n2Cc1ccc(-c2ccccc2-c2nn[nH]n2)cc1. The Labute approximate surface area is 263 Å². The van der Waals surface area contributed by atoms with Crippen LogP contribution in [0.25, 0.3) is 39.4 Å². The molecule has 0 amide bonds. The van der Waals surface area contributed by atoms with E-state index in [4.69, 9.17) is 9.72 Å². The largest absolute Gasteiger partial charge is 0.468 e. The fraction of sp³-hybridized carbons (Fsp3) is 0.265. The minimum atomic E-state index is -0.640. The van der Waals surface area contributed by atoms with Crippen molar-refractivity contribution in [1.29, 1.82) is 0 Å². The van der Waals surface area contributed by atoms with Gasteiger partial charge in [0.25, 0.3) is 5.56 Å². The topological polar surface area (TPSA) is 143 Å². The van der Waals surface area contributed by atoms with Gasteiger partial charge in [-0.1, -0.05) is 86.0 Å². The molecule has 0 unspecified atom stereocenters. The molecule has 1 aliphatic carbocycles. The zero-order chi connectivity index (χ0) is 31.6. The summed E-state index contributed by atoms with van der Waals surface area (Å²) in [5, 5.41) is 14.5. The molecule has 7 rings (SSSR count). The third-order valence-electron chi connectivity index (χ3n) is 8.68. The number of carbonyl (C=O) groups excluding carboxylic acids is 1. The zero-order valence-corrected chi connectivity index (χ0v) is 25.3. The van der Waals surface area contributed by atoms with Crippen LogP contribution in [0.3, 0.4) is 0 Å². The molecule has 6 aromatic rings. The van der Waals surface area contributed by atoms with Crippen LogP contribution in [0.1, 0.15) is 49.4 Å². The van der Waals surface area contributed by atoms with Gasteiger partial charge in [-0.15, -0.1) is 10.2 Å². The number of tetrazole rings is 1. The van der Waals surface area contributed by atoms with Crippen molar-refractivity contribution in [1.82, 2.24) is 39.3 Å². The van der Waals surface area contributed by atoms with Gasteiger partial charge in [-0.3, -0.25) is 14.2 Å². The molecule has 1 saturated carbocycles. The summed E-state index contributed by atoms with van der Waals surface area (Å²) in [6.45, 7) is -0.00981. The number of para-hydroxylation sites is 1. The molecular formula is C34H32N8O4. The minimum Gasteiger partial charge on any atom is -0.468 e. The normalized spacial score (nSPS) is 13.7. The maximum absolute atomic E-state index is 14.3. The van der Waals surface area contributed by atoms with Crippen molar-refractivity contribution in [3.63, 3.8) is 0 Å². The van der Waals surface area contributed by atoms with E-state index in [1.807, 2.05) is 59.2 Å². The van der Waals surface area contributed by atoms with E-state index in [1.165, 1.54) is 11.7 Å². The van der Waals surface area contributed by atoms with E-state index < -0.39 is 17.2 Å². The van der Waals surface area contributed by atoms with Crippen molar-refractivity contribution in [2.45, 2.75) is 51.1 Å². The van der Waals surface area contributed by atoms with Crippen LogP contribution in [-0.2, 0) is 22.6 Å². The van der Waals surface area contributed by atoms with E-state index in [-0.39, 0.29) is 23.6 Å². The fourth-order valence-electron chi connectivity index (χ4n) is 6.41. The van der Waals surface area contributed by atoms with Crippen LogP contribution in [0.2, 0.25) is 0 Å². The molecule has 12 heteroatoms. The summed E-state index contributed by atoms with van der Waals surface area (Å²) in [5.41, 5.74) is 3.51. The van der Waals surface area contributed by atoms with Gasteiger partial charge in [0, 0.05) is 18.0 Å².